The molecular formula is C8H15N3O4. The van der Waals surface area contributed by atoms with Crippen LogP contribution in [0.2, 0.25) is 0 Å². The molecule has 0 aromatic carbocycles. The van der Waals surface area contributed by atoms with Crippen molar-refractivity contribution in [3.05, 3.63) is 0 Å². The first-order valence-corrected chi connectivity index (χ1v) is 4.35. The number of carbonyl (C=O) groups excluding carboxylic acids is 2. The third-order valence-corrected chi connectivity index (χ3v) is 1.81. The van der Waals surface area contributed by atoms with E-state index in [1.807, 2.05) is 0 Å². The summed E-state index contributed by atoms with van der Waals surface area (Å²) in [7, 11) is 0. The molecule has 5 N–H and O–H groups in total. The molecular weight excluding hydrogens is 202 g/mol. The second-order valence-electron chi connectivity index (χ2n) is 3.28. The van der Waals surface area contributed by atoms with E-state index < -0.39 is 23.8 Å². The van der Waals surface area contributed by atoms with E-state index in [0.29, 0.717) is 0 Å². The first kappa shape index (κ1) is 13.4. The van der Waals surface area contributed by atoms with Gasteiger partial charge in [-0.05, 0) is 6.92 Å². The van der Waals surface area contributed by atoms with E-state index in [0.717, 1.165) is 0 Å². The maximum absolute atomic E-state index is 10.7. The summed E-state index contributed by atoms with van der Waals surface area (Å²) in [6, 6.07) is -0.470. The molecule has 0 aliphatic carbocycles. The van der Waals surface area contributed by atoms with Crippen LogP contribution in [0, 0.1) is 0 Å². The van der Waals surface area contributed by atoms with E-state index in [1.165, 1.54) is 4.90 Å². The molecule has 86 valence electrons. The molecule has 1 unspecified atom stereocenters. The number of carboxylic acids is 1. The van der Waals surface area contributed by atoms with Crippen LogP contribution in [0.4, 0.5) is 0 Å². The number of rotatable bonds is 7. The molecule has 15 heavy (non-hydrogen) atoms. The van der Waals surface area contributed by atoms with Gasteiger partial charge in [0.05, 0.1) is 19.5 Å². The van der Waals surface area contributed by atoms with Crippen LogP contribution in [0.5, 0.6) is 0 Å². The average molecular weight is 217 g/mol. The number of amides is 2. The maximum Gasteiger partial charge on any atom is 0.304 e. The third kappa shape index (κ3) is 6.44. The van der Waals surface area contributed by atoms with E-state index in [4.69, 9.17) is 16.6 Å². The Morgan fingerprint density at radius 3 is 1.87 bits per heavy atom. The molecule has 0 bridgehead atoms. The molecule has 0 aromatic heterocycles. The SMILES string of the molecule is CC(CC(=O)O)N(CC(N)=O)CC(N)=O. The number of hydrogen-bond donors (Lipinski definition) is 3. The van der Waals surface area contributed by atoms with Crippen molar-refractivity contribution in [1.82, 2.24) is 4.90 Å². The number of nitrogens with zero attached hydrogens (tertiary/aromatic N) is 1. The Morgan fingerprint density at radius 2 is 1.60 bits per heavy atom. The predicted octanol–water partition coefficient (Wildman–Crippen LogP) is -1.88. The van der Waals surface area contributed by atoms with Crippen LogP contribution in [-0.2, 0) is 14.4 Å². The van der Waals surface area contributed by atoms with Gasteiger partial charge in [0, 0.05) is 6.04 Å². The Morgan fingerprint density at radius 1 is 1.20 bits per heavy atom. The predicted molar refractivity (Wildman–Crippen MR) is 51.7 cm³/mol. The molecule has 0 saturated heterocycles. The summed E-state index contributed by atoms with van der Waals surface area (Å²) < 4.78 is 0. The standard InChI is InChI=1S/C8H15N3O4/c1-5(2-8(14)15)11(3-6(9)12)4-7(10)13/h5H,2-4H2,1H3,(H2,9,12)(H2,10,13)(H,14,15). The van der Waals surface area contributed by atoms with Crippen LogP contribution in [0.1, 0.15) is 13.3 Å². The number of aliphatic carboxylic acids is 1. The zero-order chi connectivity index (χ0) is 12.0. The summed E-state index contributed by atoms with van der Waals surface area (Å²) in [5.74, 6) is -2.27. The largest absolute Gasteiger partial charge is 0.481 e. The molecule has 1 atom stereocenters. The summed E-state index contributed by atoms with van der Waals surface area (Å²) in [6.45, 7) is 1.22. The van der Waals surface area contributed by atoms with Crippen LogP contribution in [-0.4, -0.2) is 46.9 Å². The van der Waals surface area contributed by atoms with Gasteiger partial charge in [0.25, 0.3) is 0 Å². The lowest BCUT2D eigenvalue weighted by Gasteiger charge is -2.25. The van der Waals surface area contributed by atoms with Gasteiger partial charge in [0.1, 0.15) is 0 Å². The van der Waals surface area contributed by atoms with Crippen LogP contribution < -0.4 is 11.5 Å². The minimum Gasteiger partial charge on any atom is -0.481 e. The van der Waals surface area contributed by atoms with E-state index >= 15 is 0 Å². The van der Waals surface area contributed by atoms with E-state index in [-0.39, 0.29) is 19.5 Å². The molecule has 0 spiro atoms. The molecule has 7 nitrogen and oxygen atoms in total. The molecule has 0 aliphatic heterocycles. The van der Waals surface area contributed by atoms with Gasteiger partial charge in [-0.2, -0.15) is 0 Å². The second kappa shape index (κ2) is 5.97. The van der Waals surface area contributed by atoms with Gasteiger partial charge in [-0.15, -0.1) is 0 Å². The Labute approximate surface area is 87.0 Å². The first-order chi connectivity index (χ1) is 6.82. The Balaban J connectivity index is 4.38. The molecule has 0 aliphatic rings. The first-order valence-electron chi connectivity index (χ1n) is 4.35. The summed E-state index contributed by atoms with van der Waals surface area (Å²) in [6.07, 6.45) is -0.180. The lowest BCUT2D eigenvalue weighted by Crippen LogP contribution is -2.45. The molecule has 0 rings (SSSR count). The zero-order valence-corrected chi connectivity index (χ0v) is 8.47. The van der Waals surface area contributed by atoms with Crippen molar-refractivity contribution in [2.75, 3.05) is 13.1 Å². The number of nitrogens with two attached hydrogens (primary N) is 2. The van der Waals surface area contributed by atoms with Gasteiger partial charge in [-0.3, -0.25) is 19.3 Å². The number of hydrogen-bond acceptors (Lipinski definition) is 4. The highest BCUT2D eigenvalue weighted by molar-refractivity contribution is 5.79. The quantitative estimate of drug-likeness (QED) is 0.460. The molecule has 0 heterocycles. The summed E-state index contributed by atoms with van der Waals surface area (Å²) in [4.78, 5) is 33.1. The monoisotopic (exact) mass is 217 g/mol. The van der Waals surface area contributed by atoms with Crippen molar-refractivity contribution in [2.45, 2.75) is 19.4 Å². The number of carbonyl (C=O) groups is 3. The van der Waals surface area contributed by atoms with Crippen molar-refractivity contribution < 1.29 is 19.5 Å². The maximum atomic E-state index is 10.7. The van der Waals surface area contributed by atoms with Gasteiger partial charge in [-0.1, -0.05) is 0 Å². The molecule has 0 saturated carbocycles. The van der Waals surface area contributed by atoms with Crippen LogP contribution in [0.25, 0.3) is 0 Å². The normalized spacial score (nSPS) is 12.4. The Bertz CT molecular complexity index is 251. The molecule has 0 fully saturated rings. The molecule has 0 radical (unpaired) electrons. The average Bonchev–Trinajstić information content (AvgIpc) is 1.99. The van der Waals surface area contributed by atoms with Crippen LogP contribution >= 0.6 is 0 Å². The van der Waals surface area contributed by atoms with E-state index in [2.05, 4.69) is 0 Å². The lowest BCUT2D eigenvalue weighted by atomic mass is 10.2. The Hall–Kier alpha value is -1.63. The smallest absolute Gasteiger partial charge is 0.304 e. The summed E-state index contributed by atoms with van der Waals surface area (Å²) >= 11 is 0. The molecule has 2 amide bonds. The van der Waals surface area contributed by atoms with Crippen molar-refractivity contribution in [1.29, 1.82) is 0 Å². The second-order valence-corrected chi connectivity index (χ2v) is 3.28. The van der Waals surface area contributed by atoms with Crippen molar-refractivity contribution in [3.8, 4) is 0 Å². The highest BCUT2D eigenvalue weighted by Crippen LogP contribution is 2.02. The number of carboxylic acid groups (broad SMARTS) is 1. The molecule has 0 aromatic rings. The van der Waals surface area contributed by atoms with Crippen molar-refractivity contribution in [3.63, 3.8) is 0 Å². The van der Waals surface area contributed by atoms with E-state index in [9.17, 15) is 14.4 Å². The topological polar surface area (TPSA) is 127 Å². The minimum atomic E-state index is -1.01. The summed E-state index contributed by atoms with van der Waals surface area (Å²) in [5.41, 5.74) is 9.92. The fourth-order valence-corrected chi connectivity index (χ4v) is 1.15. The van der Waals surface area contributed by atoms with E-state index in [1.54, 1.807) is 6.92 Å². The zero-order valence-electron chi connectivity index (χ0n) is 8.47. The molecule has 7 heteroatoms. The highest BCUT2D eigenvalue weighted by Gasteiger charge is 2.20. The highest BCUT2D eigenvalue weighted by atomic mass is 16.4. The lowest BCUT2D eigenvalue weighted by molar-refractivity contribution is -0.139. The minimum absolute atomic E-state index is 0.180. The van der Waals surface area contributed by atoms with Crippen LogP contribution in [0.3, 0.4) is 0 Å². The fourth-order valence-electron chi connectivity index (χ4n) is 1.15. The fraction of sp³-hybridized carbons (Fsp3) is 0.625. The van der Waals surface area contributed by atoms with Crippen molar-refractivity contribution in [2.24, 2.45) is 11.5 Å². The van der Waals surface area contributed by atoms with Gasteiger partial charge >= 0.3 is 5.97 Å². The van der Waals surface area contributed by atoms with Crippen molar-refractivity contribution >= 4 is 17.8 Å². The van der Waals surface area contributed by atoms with Crippen LogP contribution in [0.15, 0.2) is 0 Å². The number of primary amides is 2. The summed E-state index contributed by atoms with van der Waals surface area (Å²) in [5, 5.41) is 8.54. The van der Waals surface area contributed by atoms with Gasteiger partial charge < -0.3 is 16.6 Å². The Kier molecular flexibility index (Phi) is 5.32. The third-order valence-electron chi connectivity index (χ3n) is 1.81. The van der Waals surface area contributed by atoms with Gasteiger partial charge in [0.2, 0.25) is 11.8 Å². The van der Waals surface area contributed by atoms with Gasteiger partial charge in [0.15, 0.2) is 0 Å². The van der Waals surface area contributed by atoms with Gasteiger partial charge in [-0.25, -0.2) is 0 Å².